The quantitative estimate of drug-likeness (QED) is 0.765. The molecule has 1 nitrogen and oxygen atoms in total. The van der Waals surface area contributed by atoms with Crippen molar-refractivity contribution in [2.45, 2.75) is 46.6 Å². The van der Waals surface area contributed by atoms with Gasteiger partial charge < -0.3 is 5.32 Å². The lowest BCUT2D eigenvalue weighted by atomic mass is 9.93. The molecule has 0 radical (unpaired) electrons. The molecule has 17 heavy (non-hydrogen) atoms. The fraction of sp³-hybridized carbons (Fsp3) is 0.714. The van der Waals surface area contributed by atoms with Crippen LogP contribution in [0.1, 0.15) is 39.0 Å². The van der Waals surface area contributed by atoms with Crippen LogP contribution in [-0.4, -0.2) is 12.6 Å². The van der Waals surface area contributed by atoms with E-state index in [9.17, 15) is 0 Å². The van der Waals surface area contributed by atoms with Crippen LogP contribution in [0.4, 0.5) is 0 Å². The summed E-state index contributed by atoms with van der Waals surface area (Å²) in [6.45, 7) is 10.1. The molecule has 0 saturated carbocycles. The van der Waals surface area contributed by atoms with Gasteiger partial charge in [0.25, 0.3) is 0 Å². The van der Waals surface area contributed by atoms with E-state index in [0.29, 0.717) is 12.0 Å². The van der Waals surface area contributed by atoms with Crippen molar-refractivity contribution in [1.82, 2.24) is 5.32 Å². The second-order valence-corrected chi connectivity index (χ2v) is 7.27. The second kappa shape index (κ2) is 7.40. The topological polar surface area (TPSA) is 12.0 Å². The van der Waals surface area contributed by atoms with Crippen molar-refractivity contribution in [2.75, 3.05) is 6.54 Å². The van der Waals surface area contributed by atoms with E-state index in [1.54, 1.807) is 11.3 Å². The first-order chi connectivity index (χ1) is 7.97. The van der Waals surface area contributed by atoms with E-state index >= 15 is 0 Å². The zero-order valence-corrected chi connectivity index (χ0v) is 12.9. The van der Waals surface area contributed by atoms with Crippen LogP contribution in [0, 0.1) is 11.8 Å². The molecular formula is C14H24ClNS. The standard InChI is InChI=1S/C14H24ClNS/c1-10(2)7-12(9-16-11(3)4)8-13-5-6-14(15)17-13/h5-6,10-12,16H,7-9H2,1-4H3. The highest BCUT2D eigenvalue weighted by atomic mass is 35.5. The predicted molar refractivity (Wildman–Crippen MR) is 79.1 cm³/mol. The highest BCUT2D eigenvalue weighted by molar-refractivity contribution is 7.16. The third-order valence-corrected chi connectivity index (χ3v) is 3.99. The van der Waals surface area contributed by atoms with E-state index in [0.717, 1.165) is 23.2 Å². The van der Waals surface area contributed by atoms with Crippen LogP contribution >= 0.6 is 22.9 Å². The Morgan fingerprint density at radius 1 is 1.24 bits per heavy atom. The summed E-state index contributed by atoms with van der Waals surface area (Å²) >= 11 is 7.70. The molecule has 1 rings (SSSR count). The van der Waals surface area contributed by atoms with Crippen molar-refractivity contribution in [3.05, 3.63) is 21.3 Å². The number of hydrogen-bond donors (Lipinski definition) is 1. The molecular weight excluding hydrogens is 250 g/mol. The Hall–Kier alpha value is -0.0500. The summed E-state index contributed by atoms with van der Waals surface area (Å²) in [6.07, 6.45) is 2.42. The summed E-state index contributed by atoms with van der Waals surface area (Å²) in [5.74, 6) is 1.47. The first kappa shape index (κ1) is 15.0. The van der Waals surface area contributed by atoms with Gasteiger partial charge >= 0.3 is 0 Å². The van der Waals surface area contributed by atoms with E-state index < -0.39 is 0 Å². The van der Waals surface area contributed by atoms with Crippen molar-refractivity contribution in [1.29, 1.82) is 0 Å². The molecule has 1 aromatic rings. The van der Waals surface area contributed by atoms with Crippen LogP contribution in [0.5, 0.6) is 0 Å². The zero-order chi connectivity index (χ0) is 12.8. The first-order valence-electron chi connectivity index (χ1n) is 6.45. The maximum Gasteiger partial charge on any atom is 0.0931 e. The highest BCUT2D eigenvalue weighted by Gasteiger charge is 2.13. The number of hydrogen-bond acceptors (Lipinski definition) is 2. The minimum absolute atomic E-state index is 0.566. The number of halogens is 1. The molecule has 0 aromatic carbocycles. The number of nitrogens with one attached hydrogen (secondary N) is 1. The summed E-state index contributed by atoms with van der Waals surface area (Å²) in [5, 5.41) is 3.55. The van der Waals surface area contributed by atoms with Crippen molar-refractivity contribution in [2.24, 2.45) is 11.8 Å². The largest absolute Gasteiger partial charge is 0.314 e. The average molecular weight is 274 g/mol. The molecule has 1 N–H and O–H groups in total. The SMILES string of the molecule is CC(C)CC(CNC(C)C)Cc1ccc(Cl)s1. The Balaban J connectivity index is 2.50. The van der Waals surface area contributed by atoms with Crippen LogP contribution in [-0.2, 0) is 6.42 Å². The molecule has 1 aromatic heterocycles. The Labute approximate surface area is 115 Å². The van der Waals surface area contributed by atoms with Crippen LogP contribution in [0.15, 0.2) is 12.1 Å². The summed E-state index contributed by atoms with van der Waals surface area (Å²) in [5.41, 5.74) is 0. The lowest BCUT2D eigenvalue weighted by Gasteiger charge is -2.20. The fourth-order valence-electron chi connectivity index (χ4n) is 2.05. The van der Waals surface area contributed by atoms with Gasteiger partial charge in [-0.25, -0.2) is 0 Å². The minimum Gasteiger partial charge on any atom is -0.314 e. The maximum absolute atomic E-state index is 5.98. The van der Waals surface area contributed by atoms with Crippen molar-refractivity contribution < 1.29 is 0 Å². The summed E-state index contributed by atoms with van der Waals surface area (Å²) < 4.78 is 0.903. The van der Waals surface area contributed by atoms with Gasteiger partial charge in [0.05, 0.1) is 4.34 Å². The van der Waals surface area contributed by atoms with Gasteiger partial charge in [-0.3, -0.25) is 0 Å². The lowest BCUT2D eigenvalue weighted by molar-refractivity contribution is 0.374. The Morgan fingerprint density at radius 3 is 2.41 bits per heavy atom. The normalized spacial score (nSPS) is 13.6. The molecule has 1 atom stereocenters. The fourth-order valence-corrected chi connectivity index (χ4v) is 3.26. The van der Waals surface area contributed by atoms with E-state index in [4.69, 9.17) is 11.6 Å². The second-order valence-electron chi connectivity index (χ2n) is 5.47. The highest BCUT2D eigenvalue weighted by Crippen LogP contribution is 2.25. The Kier molecular flexibility index (Phi) is 6.53. The molecule has 0 spiro atoms. The van der Waals surface area contributed by atoms with Gasteiger partial charge in [0.2, 0.25) is 0 Å². The zero-order valence-electron chi connectivity index (χ0n) is 11.3. The average Bonchev–Trinajstić information content (AvgIpc) is 2.59. The van der Waals surface area contributed by atoms with Gasteiger partial charge in [-0.1, -0.05) is 39.3 Å². The summed E-state index contributed by atoms with van der Waals surface area (Å²) in [4.78, 5) is 1.41. The molecule has 0 amide bonds. The first-order valence-corrected chi connectivity index (χ1v) is 7.64. The molecule has 0 aliphatic carbocycles. The summed E-state index contributed by atoms with van der Waals surface area (Å²) in [6, 6.07) is 4.73. The Bertz CT molecular complexity index is 320. The van der Waals surface area contributed by atoms with Crippen LogP contribution in [0.2, 0.25) is 4.34 Å². The van der Waals surface area contributed by atoms with Crippen molar-refractivity contribution >= 4 is 22.9 Å². The molecule has 0 fully saturated rings. The number of thiophene rings is 1. The van der Waals surface area contributed by atoms with E-state index in [1.807, 2.05) is 6.07 Å². The molecule has 98 valence electrons. The third-order valence-electron chi connectivity index (χ3n) is 2.74. The predicted octanol–water partition coefficient (Wildman–Crippen LogP) is 4.60. The van der Waals surface area contributed by atoms with Gasteiger partial charge in [0.15, 0.2) is 0 Å². The van der Waals surface area contributed by atoms with Crippen molar-refractivity contribution in [3.8, 4) is 0 Å². The van der Waals surface area contributed by atoms with Gasteiger partial charge in [-0.05, 0) is 43.4 Å². The molecule has 3 heteroatoms. The molecule has 0 saturated heterocycles. The molecule has 1 unspecified atom stereocenters. The van der Waals surface area contributed by atoms with Crippen LogP contribution in [0.25, 0.3) is 0 Å². The Morgan fingerprint density at radius 2 is 1.94 bits per heavy atom. The monoisotopic (exact) mass is 273 g/mol. The third kappa shape index (κ3) is 6.44. The van der Waals surface area contributed by atoms with Gasteiger partial charge in [-0.2, -0.15) is 0 Å². The van der Waals surface area contributed by atoms with Gasteiger partial charge in [-0.15, -0.1) is 11.3 Å². The van der Waals surface area contributed by atoms with Gasteiger partial charge in [0.1, 0.15) is 0 Å². The van der Waals surface area contributed by atoms with E-state index in [2.05, 4.69) is 39.1 Å². The minimum atomic E-state index is 0.566. The smallest absolute Gasteiger partial charge is 0.0931 e. The van der Waals surface area contributed by atoms with Gasteiger partial charge in [0, 0.05) is 10.9 Å². The summed E-state index contributed by atoms with van der Waals surface area (Å²) in [7, 11) is 0. The molecule has 0 aliphatic rings. The van der Waals surface area contributed by atoms with Crippen LogP contribution in [0.3, 0.4) is 0 Å². The van der Waals surface area contributed by atoms with E-state index in [-0.39, 0.29) is 0 Å². The number of rotatable bonds is 7. The van der Waals surface area contributed by atoms with Crippen molar-refractivity contribution in [3.63, 3.8) is 0 Å². The molecule has 1 heterocycles. The maximum atomic E-state index is 5.98. The van der Waals surface area contributed by atoms with Crippen LogP contribution < -0.4 is 5.32 Å². The lowest BCUT2D eigenvalue weighted by Crippen LogP contribution is -2.30. The molecule has 0 aliphatic heterocycles. The van der Waals surface area contributed by atoms with E-state index in [1.165, 1.54) is 11.3 Å². The molecule has 0 bridgehead atoms.